The van der Waals surface area contributed by atoms with E-state index in [1.165, 1.54) is 0 Å². The van der Waals surface area contributed by atoms with Crippen LogP contribution in [0.2, 0.25) is 0 Å². The summed E-state index contributed by atoms with van der Waals surface area (Å²) in [5.41, 5.74) is 0.0585. The van der Waals surface area contributed by atoms with Crippen LogP contribution in [0, 0.1) is 56.7 Å². The number of aliphatic hydroxyl groups is 4. The van der Waals surface area contributed by atoms with E-state index in [-0.39, 0.29) is 89.3 Å². The molecule has 0 amide bonds. The van der Waals surface area contributed by atoms with Crippen LogP contribution >= 0.6 is 0 Å². The average molecular weight is 916 g/mol. The molecule has 0 aromatic heterocycles. The molecule has 0 saturated carbocycles. The highest BCUT2D eigenvalue weighted by Crippen LogP contribution is 2.36. The molecule has 0 saturated heterocycles. The normalized spacial score (nSPS) is 18.9. The van der Waals surface area contributed by atoms with Gasteiger partial charge >= 0.3 is 0 Å². The predicted octanol–water partition coefficient (Wildman–Crippen LogP) is 13.9. The van der Waals surface area contributed by atoms with Crippen LogP contribution < -0.4 is 0 Å². The van der Waals surface area contributed by atoms with Crippen molar-refractivity contribution in [2.24, 2.45) is 56.7 Å². The molecule has 9 heteroatoms. The van der Waals surface area contributed by atoms with Crippen molar-refractivity contribution in [2.75, 3.05) is 26.4 Å². The maximum atomic E-state index is 13.3. The molecule has 0 bridgehead atoms. The summed E-state index contributed by atoms with van der Waals surface area (Å²) >= 11 is 0. The Hall–Kier alpha value is -0.390. The summed E-state index contributed by atoms with van der Waals surface area (Å²) in [6.07, 6.45) is -0.651. The van der Waals surface area contributed by atoms with Crippen molar-refractivity contribution in [3.8, 4) is 0 Å². The summed E-state index contributed by atoms with van der Waals surface area (Å²) < 4.78 is 35.4. The van der Waals surface area contributed by atoms with Crippen LogP contribution in [0.4, 0.5) is 4.39 Å². The van der Waals surface area contributed by atoms with E-state index in [1.54, 1.807) is 41.5 Å². The van der Waals surface area contributed by atoms with Gasteiger partial charge in [0.2, 0.25) is 0 Å². The molecule has 0 fully saturated rings. The number of hydrogen-bond acceptors (Lipinski definition) is 8. The highest BCUT2D eigenvalue weighted by atomic mass is 19.1. The first-order chi connectivity index (χ1) is 27.1. The number of alkyl halides is 1. The Morgan fingerprint density at radius 3 is 0.524 bits per heavy atom. The Balaban J connectivity index is -0.000000161. The lowest BCUT2D eigenvalue weighted by Gasteiger charge is -2.34. The Morgan fingerprint density at radius 1 is 0.317 bits per heavy atom. The molecule has 13 atom stereocenters. The van der Waals surface area contributed by atoms with Gasteiger partial charge in [-0.15, -0.1) is 0 Å². The van der Waals surface area contributed by atoms with Gasteiger partial charge in [-0.3, -0.25) is 0 Å². The summed E-state index contributed by atoms with van der Waals surface area (Å²) in [5.74, 6) is 2.06. The van der Waals surface area contributed by atoms with Crippen LogP contribution in [-0.4, -0.2) is 101 Å². The van der Waals surface area contributed by atoms with Gasteiger partial charge in [0.05, 0.1) is 75.3 Å². The quantitative estimate of drug-likeness (QED) is 0.114. The van der Waals surface area contributed by atoms with Crippen molar-refractivity contribution in [3.05, 3.63) is 0 Å². The molecule has 0 rings (SSSR count). The third kappa shape index (κ3) is 42.7. The Morgan fingerprint density at radius 2 is 0.460 bits per heavy atom. The van der Waals surface area contributed by atoms with Crippen LogP contribution in [0.5, 0.6) is 0 Å². The number of aliphatic hydroxyl groups excluding tert-OH is 4. The monoisotopic (exact) mass is 915 g/mol. The molecule has 0 heterocycles. The molecule has 0 aliphatic rings. The minimum Gasteiger partial charge on any atom is -0.391 e. The molecule has 0 aromatic rings. The molecular weight excluding hydrogens is 796 g/mol. The van der Waals surface area contributed by atoms with Gasteiger partial charge in [0.25, 0.3) is 0 Å². The molecule has 0 radical (unpaired) electrons. The average Bonchev–Trinajstić information content (AvgIpc) is 3.07. The summed E-state index contributed by atoms with van der Waals surface area (Å²) in [6, 6.07) is 0. The Kier molecular flexibility index (Phi) is 39.0. The third-order valence-electron chi connectivity index (χ3n) is 13.0. The van der Waals surface area contributed by atoms with Crippen LogP contribution in [0.25, 0.3) is 0 Å². The highest BCUT2D eigenvalue weighted by molar-refractivity contribution is 4.83. The summed E-state index contributed by atoms with van der Waals surface area (Å²) in [6.45, 7) is 63.7. The first-order valence-electron chi connectivity index (χ1n) is 24.0. The van der Waals surface area contributed by atoms with Crippen LogP contribution in [0.1, 0.15) is 215 Å². The molecule has 0 unspecified atom stereocenters. The Labute approximate surface area is 395 Å². The number of ether oxygens (including phenoxy) is 4. The second-order valence-corrected chi connectivity index (χ2v) is 24.8. The van der Waals surface area contributed by atoms with Crippen molar-refractivity contribution >= 4 is 0 Å². The van der Waals surface area contributed by atoms with E-state index >= 15 is 0 Å². The molecular formula is C54H119FO8. The number of rotatable bonds is 17. The van der Waals surface area contributed by atoms with Crippen molar-refractivity contribution in [3.63, 3.8) is 0 Å². The molecule has 0 aliphatic carbocycles. The lowest BCUT2D eigenvalue weighted by molar-refractivity contribution is -0.0398. The van der Waals surface area contributed by atoms with Gasteiger partial charge in [-0.25, -0.2) is 4.39 Å². The van der Waals surface area contributed by atoms with Gasteiger partial charge in [-0.05, 0) is 126 Å². The van der Waals surface area contributed by atoms with E-state index in [2.05, 4.69) is 159 Å². The Bertz CT molecular complexity index is 885. The fourth-order valence-corrected chi connectivity index (χ4v) is 5.59. The zero-order chi connectivity index (χ0) is 51.2. The van der Waals surface area contributed by atoms with Crippen LogP contribution in [-0.2, 0) is 18.9 Å². The maximum Gasteiger partial charge on any atom is 0.108 e. The largest absolute Gasteiger partial charge is 0.391 e. The van der Waals surface area contributed by atoms with Crippen molar-refractivity contribution in [2.45, 2.75) is 270 Å². The van der Waals surface area contributed by atoms with Crippen molar-refractivity contribution < 1.29 is 43.8 Å². The zero-order valence-corrected chi connectivity index (χ0v) is 47.1. The lowest BCUT2D eigenvalue weighted by atomic mass is 9.74. The second-order valence-electron chi connectivity index (χ2n) is 24.8. The molecule has 0 aromatic carbocycles. The van der Waals surface area contributed by atoms with Gasteiger partial charge in [0.1, 0.15) is 5.67 Å². The van der Waals surface area contributed by atoms with Crippen LogP contribution in [0.3, 0.4) is 0 Å². The minimum absolute atomic E-state index is 0. The van der Waals surface area contributed by atoms with Gasteiger partial charge in [-0.2, -0.15) is 0 Å². The van der Waals surface area contributed by atoms with E-state index < -0.39 is 5.67 Å². The molecule has 63 heavy (non-hydrogen) atoms. The van der Waals surface area contributed by atoms with E-state index in [4.69, 9.17) is 39.4 Å². The van der Waals surface area contributed by atoms with E-state index in [1.807, 2.05) is 6.92 Å². The molecule has 0 aliphatic heterocycles. The number of halogens is 1. The molecule has 0 spiro atoms. The standard InChI is InChI=1S/4C11H24O2.C9H19F.CH4/c4*1-8(12)7-13-10(3)9(2)11(4,5)6;1-7(8(2,3)4)9(5,6)10;/h4*8-10,12H,7H2,1-6H3;7H,1-6H3;1H4/t2*8-,9+,10-;2*8-,9-,10+;7-;/m10101./s1. The van der Waals surface area contributed by atoms with Gasteiger partial charge < -0.3 is 39.4 Å². The fourth-order valence-electron chi connectivity index (χ4n) is 5.59. The minimum atomic E-state index is -1.06. The first-order valence-corrected chi connectivity index (χ1v) is 24.0. The second kappa shape index (κ2) is 33.2. The molecule has 8 nitrogen and oxygen atoms in total. The van der Waals surface area contributed by atoms with Crippen molar-refractivity contribution in [1.29, 1.82) is 0 Å². The molecule has 390 valence electrons. The van der Waals surface area contributed by atoms with E-state index in [0.717, 1.165) is 0 Å². The van der Waals surface area contributed by atoms with E-state index in [0.29, 0.717) is 50.1 Å². The van der Waals surface area contributed by atoms with Gasteiger partial charge in [-0.1, -0.05) is 146 Å². The van der Waals surface area contributed by atoms with Gasteiger partial charge in [0.15, 0.2) is 0 Å². The predicted molar refractivity (Wildman–Crippen MR) is 273 cm³/mol. The van der Waals surface area contributed by atoms with Crippen molar-refractivity contribution in [1.82, 2.24) is 0 Å². The van der Waals surface area contributed by atoms with E-state index in [9.17, 15) is 4.39 Å². The summed E-state index contributed by atoms with van der Waals surface area (Å²) in [5, 5.41) is 36.2. The SMILES string of the molecule is C.C[C@@H](O)CO[C@H](C)[C@H](C)C(C)(C)C.C[C@H](C(C)(C)C)C(C)(C)F.C[C@H](O)CO[C@@H](C)[C@@H](C)C(C)(C)C.C[C@H](O)CO[C@H](C)[C@H](C)C(C)(C)C.C[C@H](OC[C@@H](C)O)[C@@H](C)C(C)(C)C. The maximum absolute atomic E-state index is 13.3. The summed E-state index contributed by atoms with van der Waals surface area (Å²) in [4.78, 5) is 0. The zero-order valence-electron chi connectivity index (χ0n) is 47.1. The fraction of sp³-hybridized carbons (Fsp3) is 1.00. The highest BCUT2D eigenvalue weighted by Gasteiger charge is 2.34. The third-order valence-corrected chi connectivity index (χ3v) is 13.0. The topological polar surface area (TPSA) is 118 Å². The summed E-state index contributed by atoms with van der Waals surface area (Å²) in [7, 11) is 0. The van der Waals surface area contributed by atoms with Crippen LogP contribution in [0.15, 0.2) is 0 Å². The number of hydrogen-bond donors (Lipinski definition) is 4. The molecule has 4 N–H and O–H groups in total. The first kappa shape index (κ1) is 74.2. The smallest absolute Gasteiger partial charge is 0.108 e. The lowest BCUT2D eigenvalue weighted by Crippen LogP contribution is -2.33. The van der Waals surface area contributed by atoms with Gasteiger partial charge in [0, 0.05) is 0 Å².